The summed E-state index contributed by atoms with van der Waals surface area (Å²) in [6.07, 6.45) is 9.37. The number of benzene rings is 1. The molecule has 2 unspecified atom stereocenters. The highest BCUT2D eigenvalue weighted by molar-refractivity contribution is 5.96. The fourth-order valence-electron chi connectivity index (χ4n) is 2.29. The predicted molar refractivity (Wildman–Crippen MR) is 71.3 cm³/mol. The molecule has 18 heavy (non-hydrogen) atoms. The molecule has 0 fully saturated rings. The zero-order chi connectivity index (χ0) is 12.5. The van der Waals surface area contributed by atoms with E-state index in [1.807, 2.05) is 55.5 Å². The highest BCUT2D eigenvalue weighted by atomic mass is 16.5. The Balaban J connectivity index is 1.86. The molecular weight excluding hydrogens is 224 g/mol. The molecule has 90 valence electrons. The normalized spacial score (nSPS) is 25.4. The van der Waals surface area contributed by atoms with Crippen molar-refractivity contribution in [3.05, 3.63) is 59.7 Å². The van der Waals surface area contributed by atoms with Crippen molar-refractivity contribution in [2.24, 2.45) is 5.92 Å². The van der Waals surface area contributed by atoms with Gasteiger partial charge in [-0.1, -0.05) is 36.4 Å². The summed E-state index contributed by atoms with van der Waals surface area (Å²) in [6.45, 7) is 1.93. The summed E-state index contributed by atoms with van der Waals surface area (Å²) < 4.78 is 5.89. The summed E-state index contributed by atoms with van der Waals surface area (Å²) in [6, 6.07) is 7.86. The van der Waals surface area contributed by atoms with Crippen molar-refractivity contribution in [1.82, 2.24) is 0 Å². The van der Waals surface area contributed by atoms with E-state index in [0.717, 1.165) is 16.9 Å². The van der Waals surface area contributed by atoms with Gasteiger partial charge >= 0.3 is 0 Å². The van der Waals surface area contributed by atoms with Gasteiger partial charge in [0.15, 0.2) is 5.78 Å². The van der Waals surface area contributed by atoms with Crippen molar-refractivity contribution in [3.63, 3.8) is 0 Å². The van der Waals surface area contributed by atoms with Gasteiger partial charge in [0, 0.05) is 5.56 Å². The highest BCUT2D eigenvalue weighted by Crippen LogP contribution is 2.30. The second-order valence-electron chi connectivity index (χ2n) is 4.66. The quantitative estimate of drug-likeness (QED) is 0.751. The molecule has 2 aliphatic rings. The largest absolute Gasteiger partial charge is 0.485 e. The van der Waals surface area contributed by atoms with Crippen LogP contribution in [0.3, 0.4) is 0 Å². The van der Waals surface area contributed by atoms with Crippen molar-refractivity contribution in [2.75, 3.05) is 0 Å². The Hall–Kier alpha value is -2.09. The summed E-state index contributed by atoms with van der Waals surface area (Å²) in [7, 11) is 0. The first kappa shape index (κ1) is 11.0. The van der Waals surface area contributed by atoms with Gasteiger partial charge in [-0.3, -0.25) is 4.79 Å². The summed E-state index contributed by atoms with van der Waals surface area (Å²) in [5, 5.41) is 0. The monoisotopic (exact) mass is 238 g/mol. The molecule has 1 aliphatic carbocycles. The molecule has 0 bridgehead atoms. The number of carbonyl (C=O) groups is 1. The van der Waals surface area contributed by atoms with E-state index < -0.39 is 0 Å². The minimum Gasteiger partial charge on any atom is -0.485 e. The molecule has 2 heteroatoms. The number of carbonyl (C=O) groups excluding carboxylic acids is 1. The first-order chi connectivity index (χ1) is 8.74. The first-order valence-corrected chi connectivity index (χ1v) is 6.08. The molecule has 0 spiro atoms. The maximum Gasteiger partial charge on any atom is 0.166 e. The molecule has 1 aromatic rings. The summed E-state index contributed by atoms with van der Waals surface area (Å²) in [5.74, 6) is 0.750. The van der Waals surface area contributed by atoms with E-state index in [-0.39, 0.29) is 17.8 Å². The van der Waals surface area contributed by atoms with Crippen molar-refractivity contribution in [1.29, 1.82) is 0 Å². The van der Waals surface area contributed by atoms with E-state index in [0.29, 0.717) is 0 Å². The number of hydrogen-bond acceptors (Lipinski definition) is 2. The van der Waals surface area contributed by atoms with Gasteiger partial charge in [-0.15, -0.1) is 0 Å². The van der Waals surface area contributed by atoms with Crippen molar-refractivity contribution < 1.29 is 9.53 Å². The lowest BCUT2D eigenvalue weighted by molar-refractivity contribution is -0.118. The number of ketones is 1. The third-order valence-electron chi connectivity index (χ3n) is 3.27. The number of fused-ring (bicyclic) bond motifs is 1. The third-order valence-corrected chi connectivity index (χ3v) is 3.27. The number of ether oxygens (including phenoxy) is 1. The van der Waals surface area contributed by atoms with E-state index in [9.17, 15) is 4.79 Å². The smallest absolute Gasteiger partial charge is 0.166 e. The van der Waals surface area contributed by atoms with E-state index in [2.05, 4.69) is 0 Å². The Bertz CT molecular complexity index is 579. The Kier molecular flexibility index (Phi) is 2.63. The minimum absolute atomic E-state index is 0.115. The fourth-order valence-corrected chi connectivity index (χ4v) is 2.29. The van der Waals surface area contributed by atoms with Crippen LogP contribution in [-0.4, -0.2) is 11.9 Å². The second kappa shape index (κ2) is 4.30. The lowest BCUT2D eigenvalue weighted by Crippen LogP contribution is -2.31. The van der Waals surface area contributed by atoms with Crippen LogP contribution < -0.4 is 4.74 Å². The van der Waals surface area contributed by atoms with Crippen LogP contribution in [0.25, 0.3) is 6.08 Å². The summed E-state index contributed by atoms with van der Waals surface area (Å²) >= 11 is 0. The van der Waals surface area contributed by atoms with Gasteiger partial charge in [0.2, 0.25) is 0 Å². The van der Waals surface area contributed by atoms with Gasteiger partial charge in [0.05, 0.1) is 5.92 Å². The molecule has 0 aromatic heterocycles. The van der Waals surface area contributed by atoms with Crippen LogP contribution in [0, 0.1) is 5.92 Å². The molecule has 1 aliphatic heterocycles. The zero-order valence-corrected chi connectivity index (χ0v) is 10.2. The average molecular weight is 238 g/mol. The number of hydrogen-bond donors (Lipinski definition) is 0. The van der Waals surface area contributed by atoms with Crippen LogP contribution >= 0.6 is 0 Å². The summed E-state index contributed by atoms with van der Waals surface area (Å²) in [5.41, 5.74) is 2.06. The van der Waals surface area contributed by atoms with Gasteiger partial charge in [-0.2, -0.15) is 0 Å². The molecule has 1 aromatic carbocycles. The van der Waals surface area contributed by atoms with Gasteiger partial charge in [0.1, 0.15) is 11.9 Å². The van der Waals surface area contributed by atoms with Crippen LogP contribution in [0.2, 0.25) is 0 Å². The van der Waals surface area contributed by atoms with Gasteiger partial charge in [0.25, 0.3) is 0 Å². The minimum atomic E-state index is -0.210. The standard InChI is InChI=1S/C16H14O2/c1-11-6-8-13(14(17)10-11)16-9-7-12-4-2-3-5-15(12)18-16/h2-10,13,16H,1H3. The molecule has 0 N–H and O–H groups in total. The van der Waals surface area contributed by atoms with Crippen molar-refractivity contribution >= 4 is 11.9 Å². The molecule has 3 rings (SSSR count). The van der Waals surface area contributed by atoms with Crippen LogP contribution in [0.15, 0.2) is 54.1 Å². The Morgan fingerprint density at radius 3 is 2.78 bits per heavy atom. The molecule has 1 heterocycles. The fraction of sp³-hybridized carbons (Fsp3) is 0.188. The van der Waals surface area contributed by atoms with Gasteiger partial charge < -0.3 is 4.74 Å². The maximum atomic E-state index is 12.0. The molecule has 0 saturated carbocycles. The number of para-hydroxylation sites is 1. The Labute approximate surface area is 106 Å². The average Bonchev–Trinajstić information content (AvgIpc) is 2.38. The number of allylic oxidation sites excluding steroid dienone is 3. The molecule has 0 saturated heterocycles. The van der Waals surface area contributed by atoms with E-state index in [1.165, 1.54) is 0 Å². The molecule has 0 radical (unpaired) electrons. The molecule has 2 atom stereocenters. The van der Waals surface area contributed by atoms with Crippen LogP contribution in [0.4, 0.5) is 0 Å². The van der Waals surface area contributed by atoms with Gasteiger partial charge in [-0.25, -0.2) is 0 Å². The lowest BCUT2D eigenvalue weighted by Gasteiger charge is -2.26. The maximum absolute atomic E-state index is 12.0. The SMILES string of the molecule is CC1=CC(=O)C(C2C=Cc3ccccc3O2)C=C1. The third kappa shape index (κ3) is 1.90. The molecule has 0 amide bonds. The highest BCUT2D eigenvalue weighted by Gasteiger charge is 2.28. The van der Waals surface area contributed by atoms with Crippen molar-refractivity contribution in [2.45, 2.75) is 13.0 Å². The van der Waals surface area contributed by atoms with Crippen LogP contribution in [0.5, 0.6) is 5.75 Å². The second-order valence-corrected chi connectivity index (χ2v) is 4.66. The topological polar surface area (TPSA) is 26.3 Å². The Morgan fingerprint density at radius 1 is 1.11 bits per heavy atom. The molecule has 2 nitrogen and oxygen atoms in total. The van der Waals surface area contributed by atoms with Crippen LogP contribution in [-0.2, 0) is 4.79 Å². The lowest BCUT2D eigenvalue weighted by atomic mass is 9.89. The van der Waals surface area contributed by atoms with E-state index in [1.54, 1.807) is 6.08 Å². The number of rotatable bonds is 1. The van der Waals surface area contributed by atoms with Crippen molar-refractivity contribution in [3.8, 4) is 5.75 Å². The zero-order valence-electron chi connectivity index (χ0n) is 10.2. The Morgan fingerprint density at radius 2 is 1.94 bits per heavy atom. The predicted octanol–water partition coefficient (Wildman–Crippen LogP) is 3.16. The van der Waals surface area contributed by atoms with Crippen LogP contribution in [0.1, 0.15) is 12.5 Å². The van der Waals surface area contributed by atoms with E-state index in [4.69, 9.17) is 4.74 Å². The first-order valence-electron chi connectivity index (χ1n) is 6.08. The summed E-state index contributed by atoms with van der Waals surface area (Å²) in [4.78, 5) is 12.0. The van der Waals surface area contributed by atoms with E-state index >= 15 is 0 Å². The van der Waals surface area contributed by atoms with Gasteiger partial charge in [-0.05, 0) is 30.7 Å². The molecular formula is C16H14O2.